The predicted molar refractivity (Wildman–Crippen MR) is 240 cm³/mol. The third-order valence-corrected chi connectivity index (χ3v) is 9.52. The number of rotatable bonds is 39. The fourth-order valence-electron chi connectivity index (χ4n) is 6.01. The van der Waals surface area contributed by atoms with Gasteiger partial charge in [-0.3, -0.25) is 9.59 Å². The zero-order valence-corrected chi connectivity index (χ0v) is 37.4. The molecule has 0 bridgehead atoms. The van der Waals surface area contributed by atoms with Gasteiger partial charge in [0.1, 0.15) is 12.6 Å². The number of allylic oxidation sites excluding steroid dienone is 14. The Hall–Kier alpha value is -3.49. The van der Waals surface area contributed by atoms with Crippen LogP contribution in [-0.4, -0.2) is 75.5 Å². The number of unbranched alkanes of at least 4 members (excludes halogenated alkanes) is 11. The van der Waals surface area contributed by atoms with E-state index in [0.717, 1.165) is 96.3 Å². The molecule has 0 aliphatic carbocycles. The number of nitrogens with zero attached hydrogens (tertiary/aromatic N) is 1. The molecule has 0 aliphatic rings. The van der Waals surface area contributed by atoms with Gasteiger partial charge in [0, 0.05) is 19.3 Å². The molecule has 2 atom stereocenters. The lowest BCUT2D eigenvalue weighted by Gasteiger charge is -2.34. The van der Waals surface area contributed by atoms with Crippen molar-refractivity contribution < 1.29 is 38.2 Å². The van der Waals surface area contributed by atoms with Crippen molar-refractivity contribution in [1.82, 2.24) is 0 Å². The smallest absolute Gasteiger partial charge is 0.306 e. The number of quaternary nitrogens is 1. The second-order valence-corrected chi connectivity index (χ2v) is 15.9. The van der Waals surface area contributed by atoms with E-state index >= 15 is 0 Å². The molecular weight excluding hydrogens is 727 g/mol. The van der Waals surface area contributed by atoms with Gasteiger partial charge in [-0.05, 0) is 89.9 Å². The van der Waals surface area contributed by atoms with Gasteiger partial charge in [-0.2, -0.15) is 0 Å². The zero-order valence-electron chi connectivity index (χ0n) is 37.4. The molecule has 0 aliphatic heterocycles. The fourth-order valence-corrected chi connectivity index (χ4v) is 6.01. The van der Waals surface area contributed by atoms with Crippen molar-refractivity contribution in [2.24, 2.45) is 0 Å². The second-order valence-electron chi connectivity index (χ2n) is 15.9. The number of carboxylic acid groups (broad SMARTS) is 1. The summed E-state index contributed by atoms with van der Waals surface area (Å²) in [6, 6.07) is -0.739. The number of likely N-dealkylation sites (N-methyl/N-ethyl adjacent to an activating group) is 1. The van der Waals surface area contributed by atoms with Crippen LogP contribution in [0.3, 0.4) is 0 Å². The summed E-state index contributed by atoms with van der Waals surface area (Å²) in [5.74, 6) is -1.81. The summed E-state index contributed by atoms with van der Waals surface area (Å²) in [5, 5.41) is 11.6. The Morgan fingerprint density at radius 2 is 0.966 bits per heavy atom. The SMILES string of the molecule is CC/C=C\C/C=C\C/C=C\C/C=C\C/C=C\CCCCCC(=O)OC(COCCC(C(=O)[O-])[N+](C)(C)C)COC(=O)CCCCCCC/C=C\C/C=C\CCCCC. The highest BCUT2D eigenvalue weighted by Gasteiger charge is 2.25. The third-order valence-electron chi connectivity index (χ3n) is 9.52. The van der Waals surface area contributed by atoms with Crippen LogP contribution in [0.4, 0.5) is 0 Å². The highest BCUT2D eigenvalue weighted by atomic mass is 16.6. The molecule has 0 saturated heterocycles. The summed E-state index contributed by atoms with van der Waals surface area (Å²) in [6.07, 6.45) is 51.7. The first-order valence-corrected chi connectivity index (χ1v) is 22.6. The van der Waals surface area contributed by atoms with E-state index < -0.39 is 18.1 Å². The van der Waals surface area contributed by atoms with Gasteiger partial charge in [0.2, 0.25) is 0 Å². The maximum atomic E-state index is 12.7. The van der Waals surface area contributed by atoms with Crippen LogP contribution in [0.5, 0.6) is 0 Å². The molecule has 0 heterocycles. The Balaban J connectivity index is 4.44. The van der Waals surface area contributed by atoms with E-state index in [9.17, 15) is 19.5 Å². The number of carbonyl (C=O) groups excluding carboxylic acids is 3. The Bertz CT molecular complexity index is 1220. The van der Waals surface area contributed by atoms with Gasteiger partial charge >= 0.3 is 11.9 Å². The lowest BCUT2D eigenvalue weighted by molar-refractivity contribution is -0.889. The van der Waals surface area contributed by atoms with Gasteiger partial charge in [-0.1, -0.05) is 137 Å². The quantitative estimate of drug-likeness (QED) is 0.0264. The third kappa shape index (κ3) is 38.1. The number of ether oxygens (including phenoxy) is 3. The van der Waals surface area contributed by atoms with Crippen LogP contribution in [0.2, 0.25) is 0 Å². The highest BCUT2D eigenvalue weighted by molar-refractivity contribution is 5.70. The molecule has 0 spiro atoms. The Labute approximate surface area is 354 Å². The van der Waals surface area contributed by atoms with E-state index in [2.05, 4.69) is 98.9 Å². The summed E-state index contributed by atoms with van der Waals surface area (Å²) in [6.45, 7) is 4.45. The van der Waals surface area contributed by atoms with Crippen LogP contribution in [-0.2, 0) is 28.6 Å². The van der Waals surface area contributed by atoms with E-state index in [1.807, 2.05) is 0 Å². The maximum absolute atomic E-state index is 12.7. The molecule has 0 N–H and O–H groups in total. The maximum Gasteiger partial charge on any atom is 0.306 e. The van der Waals surface area contributed by atoms with Crippen LogP contribution >= 0.6 is 0 Å². The van der Waals surface area contributed by atoms with Crippen molar-refractivity contribution >= 4 is 17.9 Å². The molecule has 0 saturated carbocycles. The summed E-state index contributed by atoms with van der Waals surface area (Å²) in [5.41, 5.74) is 0. The molecule has 58 heavy (non-hydrogen) atoms. The molecule has 0 aromatic heterocycles. The van der Waals surface area contributed by atoms with Crippen LogP contribution in [0.25, 0.3) is 0 Å². The second kappa shape index (κ2) is 40.3. The monoisotopic (exact) mass is 810 g/mol. The van der Waals surface area contributed by atoms with Crippen molar-refractivity contribution in [3.8, 4) is 0 Å². The number of aliphatic carboxylic acids is 1. The molecule has 0 aromatic carbocycles. The minimum atomic E-state index is -1.14. The van der Waals surface area contributed by atoms with Crippen molar-refractivity contribution in [3.05, 3.63) is 85.1 Å². The molecule has 0 rings (SSSR count). The minimum absolute atomic E-state index is 0.0176. The molecule has 0 fully saturated rings. The van der Waals surface area contributed by atoms with Gasteiger partial charge in [-0.15, -0.1) is 0 Å². The first-order valence-electron chi connectivity index (χ1n) is 22.6. The molecule has 0 amide bonds. The largest absolute Gasteiger partial charge is 0.544 e. The van der Waals surface area contributed by atoms with E-state index in [1.165, 1.54) is 25.7 Å². The van der Waals surface area contributed by atoms with Gasteiger partial charge in [-0.25, -0.2) is 0 Å². The number of carbonyl (C=O) groups is 3. The van der Waals surface area contributed by atoms with E-state index in [4.69, 9.17) is 14.2 Å². The summed E-state index contributed by atoms with van der Waals surface area (Å²) in [4.78, 5) is 36.9. The topological polar surface area (TPSA) is 102 Å². The van der Waals surface area contributed by atoms with Gasteiger partial charge in [0.15, 0.2) is 6.10 Å². The summed E-state index contributed by atoms with van der Waals surface area (Å²) >= 11 is 0. The first kappa shape index (κ1) is 54.5. The fraction of sp³-hybridized carbons (Fsp3) is 0.660. The molecule has 0 radical (unpaired) electrons. The van der Waals surface area contributed by atoms with Crippen LogP contribution in [0, 0.1) is 0 Å². The minimum Gasteiger partial charge on any atom is -0.544 e. The summed E-state index contributed by atoms with van der Waals surface area (Å²) < 4.78 is 17.1. The van der Waals surface area contributed by atoms with Crippen molar-refractivity contribution in [2.45, 2.75) is 174 Å². The first-order chi connectivity index (χ1) is 28.1. The van der Waals surface area contributed by atoms with E-state index in [0.29, 0.717) is 12.8 Å². The summed E-state index contributed by atoms with van der Waals surface area (Å²) in [7, 11) is 5.38. The number of hydrogen-bond acceptors (Lipinski definition) is 7. The van der Waals surface area contributed by atoms with Crippen LogP contribution in [0.15, 0.2) is 85.1 Å². The Morgan fingerprint density at radius 1 is 0.534 bits per heavy atom. The van der Waals surface area contributed by atoms with Gasteiger partial charge in [0.05, 0.1) is 40.3 Å². The standard InChI is InChI=1S/C50H83NO7/c1-6-8-10-12-14-16-18-20-22-23-24-25-27-29-31-33-35-37-39-41-49(53)58-46(44-56-43-42-47(50(54)55)51(3,4)5)45-57-48(52)40-38-36-34-32-30-28-26-21-19-17-15-13-11-9-7-2/h8,10,14-17,20-22,24-26,29,31,46-47H,6-7,9,11-13,18-19,23,27-28,30,32-45H2,1-5H3/b10-8-,16-14-,17-15-,22-20-,25-24-,26-21-,31-29-. The Kier molecular flexibility index (Phi) is 37.9. The predicted octanol–water partition coefficient (Wildman–Crippen LogP) is 11.2. The Morgan fingerprint density at radius 3 is 1.45 bits per heavy atom. The average molecular weight is 810 g/mol. The number of carboxylic acids is 1. The zero-order chi connectivity index (χ0) is 42.8. The highest BCUT2D eigenvalue weighted by Crippen LogP contribution is 2.12. The molecule has 2 unspecified atom stereocenters. The normalized spacial score (nSPS) is 13.7. The lowest BCUT2D eigenvalue weighted by atomic mass is 10.1. The molecule has 8 nitrogen and oxygen atoms in total. The molecule has 8 heteroatoms. The number of esters is 2. The average Bonchev–Trinajstić information content (AvgIpc) is 3.18. The van der Waals surface area contributed by atoms with Crippen molar-refractivity contribution in [1.29, 1.82) is 0 Å². The molecular formula is C50H83NO7. The lowest BCUT2D eigenvalue weighted by Crippen LogP contribution is -2.55. The molecule has 0 aromatic rings. The van der Waals surface area contributed by atoms with Crippen molar-refractivity contribution in [2.75, 3.05) is 41.0 Å². The van der Waals surface area contributed by atoms with Gasteiger partial charge < -0.3 is 28.6 Å². The van der Waals surface area contributed by atoms with E-state index in [1.54, 1.807) is 21.1 Å². The van der Waals surface area contributed by atoms with Crippen LogP contribution in [0.1, 0.15) is 162 Å². The molecule has 330 valence electrons. The number of hydrogen-bond donors (Lipinski definition) is 0. The van der Waals surface area contributed by atoms with Crippen molar-refractivity contribution in [3.63, 3.8) is 0 Å². The van der Waals surface area contributed by atoms with E-state index in [-0.39, 0.29) is 49.1 Å². The van der Waals surface area contributed by atoms with Crippen LogP contribution < -0.4 is 5.11 Å². The van der Waals surface area contributed by atoms with Gasteiger partial charge in [0.25, 0.3) is 0 Å².